The third-order valence-corrected chi connectivity index (χ3v) is 3.34. The summed E-state index contributed by atoms with van der Waals surface area (Å²) in [6.45, 7) is 5.19. The molecule has 0 heterocycles. The Hall–Kier alpha value is -1.72. The molecular formula is C14H16Cl2N2O3. The lowest BCUT2D eigenvalue weighted by Gasteiger charge is -2.18. The van der Waals surface area contributed by atoms with Gasteiger partial charge in [-0.2, -0.15) is 0 Å². The molecule has 1 aromatic rings. The summed E-state index contributed by atoms with van der Waals surface area (Å²) in [5.41, 5.74) is 0.687. The largest absolute Gasteiger partial charge is 0.480 e. The fourth-order valence-corrected chi connectivity index (χ4v) is 2.29. The Morgan fingerprint density at radius 1 is 1.38 bits per heavy atom. The van der Waals surface area contributed by atoms with Crippen LogP contribution < -0.4 is 10.6 Å². The van der Waals surface area contributed by atoms with Gasteiger partial charge in [-0.25, -0.2) is 9.59 Å². The van der Waals surface area contributed by atoms with E-state index in [0.29, 0.717) is 15.6 Å². The van der Waals surface area contributed by atoms with Gasteiger partial charge in [0.1, 0.15) is 6.04 Å². The van der Waals surface area contributed by atoms with Gasteiger partial charge >= 0.3 is 12.0 Å². The molecule has 114 valence electrons. The second kappa shape index (κ2) is 7.90. The number of hydrogen-bond donors (Lipinski definition) is 3. The maximum Gasteiger partial charge on any atom is 0.326 e. The molecule has 0 radical (unpaired) electrons. The van der Waals surface area contributed by atoms with Gasteiger partial charge in [0.2, 0.25) is 0 Å². The third kappa shape index (κ3) is 5.28. The molecule has 5 nitrogen and oxygen atoms in total. The maximum absolute atomic E-state index is 11.8. The Bertz CT molecular complexity index is 549. The predicted octanol–water partition coefficient (Wildman–Crippen LogP) is 3.38. The van der Waals surface area contributed by atoms with Gasteiger partial charge in [0.15, 0.2) is 0 Å². The molecule has 0 bridgehead atoms. The molecular weight excluding hydrogens is 315 g/mol. The van der Waals surface area contributed by atoms with Gasteiger partial charge in [0, 0.05) is 10.0 Å². The molecule has 0 saturated heterocycles. The fourth-order valence-electron chi connectivity index (χ4n) is 1.72. The first-order chi connectivity index (χ1) is 9.85. The SMILES string of the molecule is C=CCC(NC(=O)NC(C)c1ccc(Cl)cc1Cl)C(=O)O. The summed E-state index contributed by atoms with van der Waals surface area (Å²) in [7, 11) is 0. The van der Waals surface area contributed by atoms with Crippen LogP contribution in [-0.4, -0.2) is 23.1 Å². The highest BCUT2D eigenvalue weighted by atomic mass is 35.5. The number of hydrogen-bond acceptors (Lipinski definition) is 2. The lowest BCUT2D eigenvalue weighted by Crippen LogP contribution is -2.46. The molecule has 0 spiro atoms. The Kier molecular flexibility index (Phi) is 6.52. The number of nitrogens with one attached hydrogen (secondary N) is 2. The van der Waals surface area contributed by atoms with Crippen molar-refractivity contribution in [3.63, 3.8) is 0 Å². The Balaban J connectivity index is 2.69. The maximum atomic E-state index is 11.8. The van der Waals surface area contributed by atoms with E-state index in [2.05, 4.69) is 17.2 Å². The number of amides is 2. The summed E-state index contributed by atoms with van der Waals surface area (Å²) in [5.74, 6) is -1.12. The molecule has 21 heavy (non-hydrogen) atoms. The summed E-state index contributed by atoms with van der Waals surface area (Å²) < 4.78 is 0. The number of carbonyl (C=O) groups excluding carboxylic acids is 1. The van der Waals surface area contributed by atoms with Crippen LogP contribution in [0.1, 0.15) is 24.9 Å². The van der Waals surface area contributed by atoms with Crippen molar-refractivity contribution in [2.45, 2.75) is 25.4 Å². The molecule has 0 aliphatic rings. The number of rotatable bonds is 6. The van der Waals surface area contributed by atoms with Crippen LogP contribution >= 0.6 is 23.2 Å². The van der Waals surface area contributed by atoms with E-state index in [0.717, 1.165) is 0 Å². The lowest BCUT2D eigenvalue weighted by molar-refractivity contribution is -0.139. The summed E-state index contributed by atoms with van der Waals surface area (Å²) >= 11 is 11.9. The van der Waals surface area contributed by atoms with Gasteiger partial charge in [0.05, 0.1) is 6.04 Å². The zero-order valence-corrected chi connectivity index (χ0v) is 12.9. The zero-order valence-electron chi connectivity index (χ0n) is 11.4. The smallest absolute Gasteiger partial charge is 0.326 e. The highest BCUT2D eigenvalue weighted by molar-refractivity contribution is 6.35. The minimum absolute atomic E-state index is 0.138. The van der Waals surface area contributed by atoms with E-state index in [4.69, 9.17) is 28.3 Å². The van der Waals surface area contributed by atoms with Crippen LogP contribution in [-0.2, 0) is 4.79 Å². The van der Waals surface area contributed by atoms with Gasteiger partial charge in [-0.15, -0.1) is 6.58 Å². The number of halogens is 2. The molecule has 0 aromatic heterocycles. The second-order valence-electron chi connectivity index (χ2n) is 4.42. The van der Waals surface area contributed by atoms with Crippen molar-refractivity contribution in [1.29, 1.82) is 0 Å². The van der Waals surface area contributed by atoms with Gasteiger partial charge < -0.3 is 15.7 Å². The zero-order chi connectivity index (χ0) is 16.0. The molecule has 0 aliphatic heterocycles. The highest BCUT2D eigenvalue weighted by Crippen LogP contribution is 2.25. The van der Waals surface area contributed by atoms with Crippen molar-refractivity contribution >= 4 is 35.2 Å². The van der Waals surface area contributed by atoms with Gasteiger partial charge in [0.25, 0.3) is 0 Å². The van der Waals surface area contributed by atoms with Crippen LogP contribution in [0.15, 0.2) is 30.9 Å². The summed E-state index contributed by atoms with van der Waals surface area (Å²) in [4.78, 5) is 22.8. The first-order valence-corrected chi connectivity index (χ1v) is 6.96. The molecule has 0 fully saturated rings. The first-order valence-electron chi connectivity index (χ1n) is 6.20. The number of carboxylic acids is 1. The first kappa shape index (κ1) is 17.3. The highest BCUT2D eigenvalue weighted by Gasteiger charge is 2.20. The normalized spacial score (nSPS) is 13.1. The van der Waals surface area contributed by atoms with Crippen LogP contribution in [0.3, 0.4) is 0 Å². The van der Waals surface area contributed by atoms with E-state index in [9.17, 15) is 9.59 Å². The monoisotopic (exact) mass is 330 g/mol. The molecule has 2 atom stereocenters. The Morgan fingerprint density at radius 3 is 2.57 bits per heavy atom. The molecule has 0 aliphatic carbocycles. The quantitative estimate of drug-likeness (QED) is 0.699. The summed E-state index contributed by atoms with van der Waals surface area (Å²) in [6.07, 6.45) is 1.57. The van der Waals surface area contributed by atoms with Gasteiger partial charge in [-0.1, -0.05) is 35.3 Å². The van der Waals surface area contributed by atoms with Crippen LogP contribution in [0.2, 0.25) is 10.0 Å². The van der Waals surface area contributed by atoms with Crippen molar-refractivity contribution in [3.8, 4) is 0 Å². The average Bonchev–Trinajstić information content (AvgIpc) is 2.37. The minimum Gasteiger partial charge on any atom is -0.480 e. The van der Waals surface area contributed by atoms with Gasteiger partial charge in [-0.3, -0.25) is 0 Å². The standard InChI is InChI=1S/C14H16Cl2N2O3/c1-3-4-12(13(19)20)18-14(21)17-8(2)10-6-5-9(15)7-11(10)16/h3,5-8,12H,1,4H2,2H3,(H,19,20)(H2,17,18,21). The molecule has 1 aromatic carbocycles. The minimum atomic E-state index is -1.12. The van der Waals surface area contributed by atoms with E-state index in [1.54, 1.807) is 25.1 Å². The summed E-state index contributed by atoms with van der Waals surface area (Å²) in [5, 5.41) is 14.9. The van der Waals surface area contributed by atoms with E-state index in [1.807, 2.05) is 0 Å². The molecule has 0 saturated carbocycles. The molecule has 7 heteroatoms. The lowest BCUT2D eigenvalue weighted by atomic mass is 10.1. The van der Waals surface area contributed by atoms with Crippen molar-refractivity contribution < 1.29 is 14.7 Å². The predicted molar refractivity (Wildman–Crippen MR) is 82.8 cm³/mol. The molecule has 1 rings (SSSR count). The second-order valence-corrected chi connectivity index (χ2v) is 5.26. The average molecular weight is 331 g/mol. The number of urea groups is 1. The van der Waals surface area contributed by atoms with Crippen LogP contribution in [0, 0.1) is 0 Å². The Morgan fingerprint density at radius 2 is 2.05 bits per heavy atom. The van der Waals surface area contributed by atoms with Gasteiger partial charge in [-0.05, 0) is 31.0 Å². The number of aliphatic carboxylic acids is 1. The number of carbonyl (C=O) groups is 2. The van der Waals surface area contributed by atoms with Crippen LogP contribution in [0.25, 0.3) is 0 Å². The van der Waals surface area contributed by atoms with E-state index < -0.39 is 24.1 Å². The van der Waals surface area contributed by atoms with Crippen LogP contribution in [0.5, 0.6) is 0 Å². The van der Waals surface area contributed by atoms with Crippen molar-refractivity contribution in [2.24, 2.45) is 0 Å². The number of benzene rings is 1. The Labute approximate surface area is 132 Å². The van der Waals surface area contributed by atoms with E-state index in [-0.39, 0.29) is 6.42 Å². The summed E-state index contributed by atoms with van der Waals surface area (Å²) in [6, 6.07) is 2.93. The van der Waals surface area contributed by atoms with Crippen molar-refractivity contribution in [2.75, 3.05) is 0 Å². The molecule has 2 amide bonds. The van der Waals surface area contributed by atoms with Crippen molar-refractivity contribution in [1.82, 2.24) is 10.6 Å². The van der Waals surface area contributed by atoms with E-state index in [1.165, 1.54) is 6.08 Å². The topological polar surface area (TPSA) is 78.4 Å². The van der Waals surface area contributed by atoms with Crippen molar-refractivity contribution in [3.05, 3.63) is 46.5 Å². The molecule has 3 N–H and O–H groups in total. The third-order valence-electron chi connectivity index (χ3n) is 2.78. The van der Waals surface area contributed by atoms with E-state index >= 15 is 0 Å². The van der Waals surface area contributed by atoms with Crippen LogP contribution in [0.4, 0.5) is 4.79 Å². The molecule has 2 unspecified atom stereocenters. The fraction of sp³-hybridized carbons (Fsp3) is 0.286. The number of carboxylic acid groups (broad SMARTS) is 1.